The van der Waals surface area contributed by atoms with Crippen LogP contribution in [0.2, 0.25) is 0 Å². The van der Waals surface area contributed by atoms with Crippen molar-refractivity contribution in [2.45, 2.75) is 52.5 Å². The van der Waals surface area contributed by atoms with Gasteiger partial charge in [-0.1, -0.05) is 35.9 Å². The van der Waals surface area contributed by atoms with Gasteiger partial charge in [0.2, 0.25) is 5.91 Å². The van der Waals surface area contributed by atoms with Gasteiger partial charge in [0.25, 0.3) is 0 Å². The molecule has 4 aromatic rings. The first-order chi connectivity index (χ1) is 17.0. The van der Waals surface area contributed by atoms with Gasteiger partial charge in [-0.2, -0.15) is 0 Å². The predicted molar refractivity (Wildman–Crippen MR) is 141 cm³/mol. The van der Waals surface area contributed by atoms with Crippen LogP contribution in [-0.4, -0.2) is 28.6 Å². The van der Waals surface area contributed by atoms with Crippen molar-refractivity contribution >= 4 is 22.6 Å². The molecule has 180 valence electrons. The summed E-state index contributed by atoms with van der Waals surface area (Å²) >= 11 is 0. The summed E-state index contributed by atoms with van der Waals surface area (Å²) in [5.74, 6) is 2.21. The number of nitrogens with zero attached hydrogens (tertiary/aromatic N) is 3. The second-order valence-electron chi connectivity index (χ2n) is 9.73. The average molecular weight is 468 g/mol. The van der Waals surface area contributed by atoms with Crippen molar-refractivity contribution in [2.75, 3.05) is 18.1 Å². The molecule has 0 bridgehead atoms. The van der Waals surface area contributed by atoms with E-state index in [1.54, 1.807) is 0 Å². The number of hydrogen-bond acceptors (Lipinski definition) is 3. The minimum atomic E-state index is 0.0859. The normalized spacial score (nSPS) is 15.8. The summed E-state index contributed by atoms with van der Waals surface area (Å²) in [5.41, 5.74) is 6.74. The Morgan fingerprint density at radius 3 is 2.43 bits per heavy atom. The van der Waals surface area contributed by atoms with Crippen LogP contribution < -0.4 is 9.64 Å². The molecule has 0 aliphatic carbocycles. The third kappa shape index (κ3) is 5.09. The molecule has 1 aromatic heterocycles. The molecule has 0 radical (unpaired) electrons. The minimum absolute atomic E-state index is 0.0859. The van der Waals surface area contributed by atoms with Crippen molar-refractivity contribution in [3.8, 4) is 5.75 Å². The van der Waals surface area contributed by atoms with Crippen molar-refractivity contribution in [1.29, 1.82) is 0 Å². The lowest BCUT2D eigenvalue weighted by molar-refractivity contribution is -0.117. The molecule has 0 N–H and O–H groups in total. The maximum absolute atomic E-state index is 12.9. The molecule has 1 saturated heterocycles. The zero-order valence-electron chi connectivity index (χ0n) is 20.8. The number of para-hydroxylation sites is 2. The summed E-state index contributed by atoms with van der Waals surface area (Å²) in [6.07, 6.45) is 2.44. The van der Waals surface area contributed by atoms with Crippen LogP contribution in [0.1, 0.15) is 47.7 Å². The molecule has 5 rings (SSSR count). The molecule has 0 spiro atoms. The maximum Gasteiger partial charge on any atom is 0.227 e. The molecule has 35 heavy (non-hydrogen) atoms. The quantitative estimate of drug-likeness (QED) is 0.284. The summed E-state index contributed by atoms with van der Waals surface area (Å²) in [4.78, 5) is 19.8. The monoisotopic (exact) mass is 467 g/mol. The Labute approximate surface area is 207 Å². The van der Waals surface area contributed by atoms with Gasteiger partial charge in [0.15, 0.2) is 0 Å². The molecule has 5 heteroatoms. The first-order valence-electron chi connectivity index (χ1n) is 12.5. The van der Waals surface area contributed by atoms with Crippen molar-refractivity contribution in [2.24, 2.45) is 0 Å². The Morgan fingerprint density at radius 1 is 0.914 bits per heavy atom. The molecule has 5 nitrogen and oxygen atoms in total. The van der Waals surface area contributed by atoms with Gasteiger partial charge in [-0.25, -0.2) is 4.98 Å². The number of imidazole rings is 1. The first-order valence-corrected chi connectivity index (χ1v) is 12.5. The molecule has 1 unspecified atom stereocenters. The number of aryl methyl sites for hydroxylation is 4. The molecule has 0 saturated carbocycles. The van der Waals surface area contributed by atoms with Gasteiger partial charge in [-0.15, -0.1) is 0 Å². The van der Waals surface area contributed by atoms with Crippen molar-refractivity contribution in [3.63, 3.8) is 0 Å². The maximum atomic E-state index is 12.9. The highest BCUT2D eigenvalue weighted by Gasteiger charge is 2.34. The smallest absolute Gasteiger partial charge is 0.227 e. The number of benzene rings is 3. The van der Waals surface area contributed by atoms with E-state index in [1.807, 2.05) is 23.1 Å². The van der Waals surface area contributed by atoms with Crippen LogP contribution in [0.15, 0.2) is 66.7 Å². The van der Waals surface area contributed by atoms with E-state index in [2.05, 4.69) is 73.9 Å². The fraction of sp³-hybridized carbons (Fsp3) is 0.333. The van der Waals surface area contributed by atoms with E-state index < -0.39 is 0 Å². The second kappa shape index (κ2) is 9.95. The van der Waals surface area contributed by atoms with Gasteiger partial charge in [-0.05, 0) is 81.1 Å². The zero-order chi connectivity index (χ0) is 24.4. The van der Waals surface area contributed by atoms with Gasteiger partial charge in [-0.3, -0.25) is 4.79 Å². The largest absolute Gasteiger partial charge is 0.494 e. The van der Waals surface area contributed by atoms with Gasteiger partial charge < -0.3 is 14.2 Å². The fourth-order valence-corrected chi connectivity index (χ4v) is 5.07. The van der Waals surface area contributed by atoms with E-state index in [1.165, 1.54) is 16.7 Å². The van der Waals surface area contributed by atoms with E-state index in [9.17, 15) is 4.79 Å². The molecular formula is C30H33N3O2. The summed E-state index contributed by atoms with van der Waals surface area (Å²) in [7, 11) is 0. The molecule has 2 heterocycles. The molecule has 3 aromatic carbocycles. The highest BCUT2D eigenvalue weighted by molar-refractivity contribution is 5.96. The van der Waals surface area contributed by atoms with Crippen LogP contribution in [0.5, 0.6) is 5.75 Å². The van der Waals surface area contributed by atoms with Gasteiger partial charge in [0, 0.05) is 31.1 Å². The van der Waals surface area contributed by atoms with Crippen LogP contribution in [0, 0.1) is 20.8 Å². The number of anilines is 1. The third-order valence-electron chi connectivity index (χ3n) is 6.76. The number of ether oxygens (including phenoxy) is 1. The van der Waals surface area contributed by atoms with Gasteiger partial charge >= 0.3 is 0 Å². The molecule has 1 aliphatic rings. The number of rotatable bonds is 8. The van der Waals surface area contributed by atoms with E-state index in [0.717, 1.165) is 47.7 Å². The lowest BCUT2D eigenvalue weighted by Crippen LogP contribution is -2.24. The number of carbonyl (C=O) groups excluding carboxylic acids is 1. The lowest BCUT2D eigenvalue weighted by Gasteiger charge is -2.18. The van der Waals surface area contributed by atoms with Crippen molar-refractivity contribution in [1.82, 2.24) is 9.55 Å². The summed E-state index contributed by atoms with van der Waals surface area (Å²) in [5, 5.41) is 0. The van der Waals surface area contributed by atoms with Gasteiger partial charge in [0.05, 0.1) is 17.6 Å². The number of fused-ring (bicyclic) bond motifs is 1. The van der Waals surface area contributed by atoms with Crippen molar-refractivity contribution in [3.05, 3.63) is 89.2 Å². The lowest BCUT2D eigenvalue weighted by atomic mass is 10.1. The standard InChI is InChI=1S/C30H33N3O2/c1-21-10-12-25(13-11-21)33-20-24(19-29(33)34)30-31-27-8-4-5-9-28(27)32(30)14-6-7-15-35-26-17-22(2)16-23(3)18-26/h4-5,8-13,16-18,24H,6-7,14-15,19-20H2,1-3H3. The van der Waals surface area contributed by atoms with Crippen molar-refractivity contribution < 1.29 is 9.53 Å². The average Bonchev–Trinajstić information content (AvgIpc) is 3.39. The van der Waals surface area contributed by atoms with E-state index in [4.69, 9.17) is 9.72 Å². The first kappa shape index (κ1) is 23.2. The molecular weight excluding hydrogens is 434 g/mol. The number of unbranched alkanes of at least 4 members (excludes halogenated alkanes) is 1. The highest BCUT2D eigenvalue weighted by atomic mass is 16.5. The van der Waals surface area contributed by atoms with Crippen LogP contribution >= 0.6 is 0 Å². The molecule has 1 amide bonds. The zero-order valence-corrected chi connectivity index (χ0v) is 20.8. The van der Waals surface area contributed by atoms with Crippen LogP contribution in [0.3, 0.4) is 0 Å². The number of aromatic nitrogens is 2. The summed E-state index contributed by atoms with van der Waals surface area (Å²) in [6, 6.07) is 22.8. The Morgan fingerprint density at radius 2 is 1.66 bits per heavy atom. The summed E-state index contributed by atoms with van der Waals surface area (Å²) in [6.45, 7) is 8.47. The number of hydrogen-bond donors (Lipinski definition) is 0. The molecule has 1 aliphatic heterocycles. The number of amides is 1. The second-order valence-corrected chi connectivity index (χ2v) is 9.73. The fourth-order valence-electron chi connectivity index (χ4n) is 5.07. The minimum Gasteiger partial charge on any atom is -0.494 e. The Hall–Kier alpha value is -3.60. The predicted octanol–water partition coefficient (Wildman–Crippen LogP) is 6.34. The highest BCUT2D eigenvalue weighted by Crippen LogP contribution is 2.33. The van der Waals surface area contributed by atoms with Crippen LogP contribution in [0.4, 0.5) is 5.69 Å². The topological polar surface area (TPSA) is 47.4 Å². The van der Waals surface area contributed by atoms with Crippen LogP contribution in [0.25, 0.3) is 11.0 Å². The Balaban J connectivity index is 1.28. The van der Waals surface area contributed by atoms with E-state index >= 15 is 0 Å². The Kier molecular flexibility index (Phi) is 6.58. The Bertz CT molecular complexity index is 1320. The molecule has 1 atom stereocenters. The SMILES string of the molecule is Cc1ccc(N2CC(c3nc4ccccc4n3CCCCOc3cc(C)cc(C)c3)CC2=O)cc1. The van der Waals surface area contributed by atoms with Gasteiger partial charge in [0.1, 0.15) is 11.6 Å². The number of carbonyl (C=O) groups is 1. The van der Waals surface area contributed by atoms with E-state index in [-0.39, 0.29) is 11.8 Å². The van der Waals surface area contributed by atoms with Crippen LogP contribution in [-0.2, 0) is 11.3 Å². The van der Waals surface area contributed by atoms with E-state index in [0.29, 0.717) is 19.6 Å². The molecule has 1 fully saturated rings. The third-order valence-corrected chi connectivity index (χ3v) is 6.76. The summed E-state index contributed by atoms with van der Waals surface area (Å²) < 4.78 is 8.34.